The third-order valence-corrected chi connectivity index (χ3v) is 3.54. The molecule has 1 saturated carbocycles. The molecule has 0 atom stereocenters. The van der Waals surface area contributed by atoms with E-state index in [4.69, 9.17) is 27.9 Å². The third-order valence-electron chi connectivity index (χ3n) is 3.10. The number of carbonyl (C=O) groups excluding carboxylic acids is 1. The van der Waals surface area contributed by atoms with E-state index >= 15 is 0 Å². The Morgan fingerprint density at radius 3 is 2.47 bits per heavy atom. The molecule has 2 N–H and O–H groups in total. The normalized spacial score (nSPS) is 16.6. The molecule has 0 saturated heterocycles. The number of carbonyl (C=O) groups is 1. The summed E-state index contributed by atoms with van der Waals surface area (Å²) in [6.07, 6.45) is 2.47. The summed E-state index contributed by atoms with van der Waals surface area (Å²) in [7, 11) is 0. The Hall–Kier alpha value is -0.970. The maximum Gasteiger partial charge on any atom is 0.258 e. The van der Waals surface area contributed by atoms with Gasteiger partial charge < -0.3 is 15.2 Å². The van der Waals surface area contributed by atoms with Gasteiger partial charge in [-0.2, -0.15) is 0 Å². The van der Waals surface area contributed by atoms with Gasteiger partial charge in [0.25, 0.3) is 5.91 Å². The van der Waals surface area contributed by atoms with Crippen LogP contribution in [0.25, 0.3) is 0 Å². The van der Waals surface area contributed by atoms with E-state index in [0.717, 1.165) is 19.3 Å². The van der Waals surface area contributed by atoms with E-state index in [-0.39, 0.29) is 19.1 Å². The van der Waals surface area contributed by atoms with Gasteiger partial charge in [-0.05, 0) is 37.5 Å². The van der Waals surface area contributed by atoms with Gasteiger partial charge in [-0.1, -0.05) is 23.2 Å². The number of halogens is 2. The summed E-state index contributed by atoms with van der Waals surface area (Å²) in [5.74, 6) is 0.159. The zero-order chi connectivity index (χ0) is 13.9. The van der Waals surface area contributed by atoms with Crippen molar-refractivity contribution < 1.29 is 14.6 Å². The van der Waals surface area contributed by atoms with E-state index in [9.17, 15) is 9.90 Å². The van der Waals surface area contributed by atoms with E-state index in [0.29, 0.717) is 15.8 Å². The van der Waals surface area contributed by atoms with E-state index in [1.54, 1.807) is 18.2 Å². The molecule has 0 radical (unpaired) electrons. The van der Waals surface area contributed by atoms with Gasteiger partial charge in [0.2, 0.25) is 0 Å². The second kappa shape index (κ2) is 5.99. The average Bonchev–Trinajstić information content (AvgIpc) is 2.30. The van der Waals surface area contributed by atoms with Crippen LogP contribution >= 0.6 is 23.2 Å². The van der Waals surface area contributed by atoms with Gasteiger partial charge in [-0.3, -0.25) is 4.79 Å². The Morgan fingerprint density at radius 1 is 1.32 bits per heavy atom. The first-order valence-electron chi connectivity index (χ1n) is 6.05. The molecular formula is C13H15Cl2NO3. The van der Waals surface area contributed by atoms with Crippen LogP contribution in [0.15, 0.2) is 18.2 Å². The number of hydrogen-bond donors (Lipinski definition) is 2. The van der Waals surface area contributed by atoms with Gasteiger partial charge >= 0.3 is 0 Å². The molecule has 1 amide bonds. The molecule has 19 heavy (non-hydrogen) atoms. The largest absolute Gasteiger partial charge is 0.484 e. The molecule has 0 unspecified atom stereocenters. The molecule has 104 valence electrons. The monoisotopic (exact) mass is 303 g/mol. The molecule has 1 aromatic carbocycles. The summed E-state index contributed by atoms with van der Waals surface area (Å²) in [4.78, 5) is 11.6. The topological polar surface area (TPSA) is 58.6 Å². The van der Waals surface area contributed by atoms with Gasteiger partial charge in [0.15, 0.2) is 6.61 Å². The van der Waals surface area contributed by atoms with Crippen molar-refractivity contribution in [1.82, 2.24) is 5.32 Å². The molecule has 0 aliphatic heterocycles. The molecule has 1 aliphatic carbocycles. The molecule has 1 aromatic rings. The quantitative estimate of drug-likeness (QED) is 0.878. The minimum atomic E-state index is -0.727. The maximum atomic E-state index is 11.6. The predicted octanol–water partition coefficient (Wildman–Crippen LogP) is 2.40. The highest BCUT2D eigenvalue weighted by atomic mass is 35.5. The van der Waals surface area contributed by atoms with Gasteiger partial charge in [0.05, 0.1) is 5.60 Å². The Morgan fingerprint density at radius 2 is 1.95 bits per heavy atom. The molecule has 2 rings (SSSR count). The molecule has 0 spiro atoms. The lowest BCUT2D eigenvalue weighted by molar-refractivity contribution is -0.125. The van der Waals surface area contributed by atoms with Crippen LogP contribution in [-0.4, -0.2) is 29.8 Å². The fourth-order valence-electron chi connectivity index (χ4n) is 1.84. The fraction of sp³-hybridized carbons (Fsp3) is 0.462. The number of benzene rings is 1. The highest BCUT2D eigenvalue weighted by molar-refractivity contribution is 6.34. The number of hydrogen-bond acceptors (Lipinski definition) is 3. The first kappa shape index (κ1) is 14.4. The van der Waals surface area contributed by atoms with Crippen molar-refractivity contribution in [3.63, 3.8) is 0 Å². The third kappa shape index (κ3) is 4.27. The van der Waals surface area contributed by atoms with Crippen LogP contribution in [-0.2, 0) is 4.79 Å². The summed E-state index contributed by atoms with van der Waals surface area (Å²) in [5, 5.41) is 13.4. The number of aliphatic hydroxyl groups is 1. The van der Waals surface area contributed by atoms with Crippen molar-refractivity contribution in [3.8, 4) is 5.75 Å². The van der Waals surface area contributed by atoms with Crippen LogP contribution in [0.1, 0.15) is 19.3 Å². The first-order valence-corrected chi connectivity index (χ1v) is 6.80. The van der Waals surface area contributed by atoms with Crippen LogP contribution in [0, 0.1) is 0 Å². The summed E-state index contributed by atoms with van der Waals surface area (Å²) >= 11 is 11.6. The predicted molar refractivity (Wildman–Crippen MR) is 73.8 cm³/mol. The smallest absolute Gasteiger partial charge is 0.258 e. The molecular weight excluding hydrogens is 289 g/mol. The van der Waals surface area contributed by atoms with Crippen molar-refractivity contribution in [2.45, 2.75) is 24.9 Å². The molecule has 0 bridgehead atoms. The molecule has 6 heteroatoms. The van der Waals surface area contributed by atoms with E-state index in [1.165, 1.54) is 0 Å². The van der Waals surface area contributed by atoms with Crippen molar-refractivity contribution >= 4 is 29.1 Å². The number of amides is 1. The van der Waals surface area contributed by atoms with Crippen LogP contribution in [0.3, 0.4) is 0 Å². The van der Waals surface area contributed by atoms with Gasteiger partial charge in [-0.25, -0.2) is 0 Å². The minimum absolute atomic E-state index is 0.132. The fourth-order valence-corrected chi connectivity index (χ4v) is 2.34. The van der Waals surface area contributed by atoms with Crippen LogP contribution in [0.4, 0.5) is 0 Å². The number of rotatable bonds is 5. The second-order valence-corrected chi connectivity index (χ2v) is 5.62. The van der Waals surface area contributed by atoms with Gasteiger partial charge in [0, 0.05) is 16.6 Å². The van der Waals surface area contributed by atoms with Crippen molar-refractivity contribution in [1.29, 1.82) is 0 Å². The first-order chi connectivity index (χ1) is 8.97. The Bertz CT molecular complexity index is 455. The van der Waals surface area contributed by atoms with Crippen LogP contribution in [0.2, 0.25) is 10.0 Å². The van der Waals surface area contributed by atoms with E-state index < -0.39 is 5.60 Å². The SMILES string of the molecule is O=C(COc1cc(Cl)cc(Cl)c1)NCC1(O)CCC1. The standard InChI is InChI=1S/C13H15Cl2NO3/c14-9-4-10(15)6-11(5-9)19-7-12(17)16-8-13(18)2-1-3-13/h4-6,18H,1-3,7-8H2,(H,16,17). The summed E-state index contributed by atoms with van der Waals surface area (Å²) in [5.41, 5.74) is -0.727. The van der Waals surface area contributed by atoms with Crippen molar-refractivity contribution in [2.75, 3.05) is 13.2 Å². The van der Waals surface area contributed by atoms with Crippen LogP contribution in [0.5, 0.6) is 5.75 Å². The molecule has 1 fully saturated rings. The lowest BCUT2D eigenvalue weighted by Crippen LogP contribution is -2.48. The Balaban J connectivity index is 1.76. The van der Waals surface area contributed by atoms with Gasteiger partial charge in [0.1, 0.15) is 5.75 Å². The lowest BCUT2D eigenvalue weighted by Gasteiger charge is -2.36. The highest BCUT2D eigenvalue weighted by Gasteiger charge is 2.34. The average molecular weight is 304 g/mol. The Kier molecular flexibility index (Phi) is 4.55. The van der Waals surface area contributed by atoms with Gasteiger partial charge in [-0.15, -0.1) is 0 Å². The zero-order valence-electron chi connectivity index (χ0n) is 10.3. The molecule has 4 nitrogen and oxygen atoms in total. The summed E-state index contributed by atoms with van der Waals surface area (Å²) in [6.45, 7) is 0.137. The summed E-state index contributed by atoms with van der Waals surface area (Å²) < 4.78 is 5.28. The van der Waals surface area contributed by atoms with Crippen molar-refractivity contribution in [2.24, 2.45) is 0 Å². The van der Waals surface area contributed by atoms with E-state index in [1.807, 2.05) is 0 Å². The number of nitrogens with one attached hydrogen (secondary N) is 1. The minimum Gasteiger partial charge on any atom is -0.484 e. The maximum absolute atomic E-state index is 11.6. The van der Waals surface area contributed by atoms with Crippen LogP contribution < -0.4 is 10.1 Å². The molecule has 1 aliphatic rings. The van der Waals surface area contributed by atoms with Crippen molar-refractivity contribution in [3.05, 3.63) is 28.2 Å². The molecule has 0 heterocycles. The summed E-state index contributed by atoms with van der Waals surface area (Å²) in [6, 6.07) is 4.75. The lowest BCUT2D eigenvalue weighted by atomic mass is 9.80. The Labute approximate surface area is 121 Å². The number of ether oxygens (including phenoxy) is 1. The second-order valence-electron chi connectivity index (χ2n) is 4.75. The zero-order valence-corrected chi connectivity index (χ0v) is 11.8. The highest BCUT2D eigenvalue weighted by Crippen LogP contribution is 2.30. The van der Waals surface area contributed by atoms with E-state index in [2.05, 4.69) is 5.32 Å². The molecule has 0 aromatic heterocycles.